The average Bonchev–Trinajstić information content (AvgIpc) is 2.50. The van der Waals surface area contributed by atoms with Crippen LogP contribution in [0.4, 0.5) is 0 Å². The summed E-state index contributed by atoms with van der Waals surface area (Å²) >= 11 is 3.43. The van der Waals surface area contributed by atoms with Gasteiger partial charge in [0.05, 0.1) is 0 Å². The SMILES string of the molecule is CC(CC(=O)N(C)Cc1ccc(Br)cc1)C1CCNCC1. The Morgan fingerprint density at radius 3 is 2.57 bits per heavy atom. The van der Waals surface area contributed by atoms with Crippen LogP contribution in [0, 0.1) is 11.8 Å². The molecule has 3 nitrogen and oxygen atoms in total. The number of benzene rings is 1. The lowest BCUT2D eigenvalue weighted by molar-refractivity contribution is -0.131. The standard InChI is InChI=1S/C17H25BrN2O/c1-13(15-7-9-19-10-8-15)11-17(21)20(2)12-14-3-5-16(18)6-4-14/h3-6,13,15,19H,7-12H2,1-2H3. The maximum absolute atomic E-state index is 12.4. The first kappa shape index (κ1) is 16.5. The fraction of sp³-hybridized carbons (Fsp3) is 0.588. The zero-order chi connectivity index (χ0) is 15.2. The Morgan fingerprint density at radius 1 is 1.33 bits per heavy atom. The summed E-state index contributed by atoms with van der Waals surface area (Å²) in [5.41, 5.74) is 1.17. The van der Waals surface area contributed by atoms with Crippen LogP contribution in [0.5, 0.6) is 0 Å². The second-order valence-corrected chi connectivity index (χ2v) is 7.06. The molecule has 1 amide bonds. The molecule has 1 aliphatic rings. The summed E-state index contributed by atoms with van der Waals surface area (Å²) in [6, 6.07) is 8.16. The van der Waals surface area contributed by atoms with E-state index in [1.54, 1.807) is 0 Å². The molecular formula is C17H25BrN2O. The molecule has 0 saturated carbocycles. The molecule has 1 aromatic carbocycles. The third kappa shape index (κ3) is 5.11. The number of nitrogens with one attached hydrogen (secondary N) is 1. The summed E-state index contributed by atoms with van der Waals surface area (Å²) in [6.45, 7) is 5.10. The molecule has 0 aromatic heterocycles. The molecule has 0 radical (unpaired) electrons. The molecule has 1 fully saturated rings. The summed E-state index contributed by atoms with van der Waals surface area (Å²) in [4.78, 5) is 14.2. The quantitative estimate of drug-likeness (QED) is 0.880. The predicted octanol–water partition coefficient (Wildman–Crippen LogP) is 3.43. The van der Waals surface area contributed by atoms with Crippen LogP contribution in [-0.4, -0.2) is 30.9 Å². The van der Waals surface area contributed by atoms with E-state index in [4.69, 9.17) is 0 Å². The molecule has 0 aliphatic carbocycles. The van der Waals surface area contributed by atoms with Crippen LogP contribution in [0.15, 0.2) is 28.7 Å². The van der Waals surface area contributed by atoms with Gasteiger partial charge >= 0.3 is 0 Å². The van der Waals surface area contributed by atoms with Crippen molar-refractivity contribution in [2.24, 2.45) is 11.8 Å². The first-order chi connectivity index (χ1) is 10.1. The smallest absolute Gasteiger partial charge is 0.222 e. The van der Waals surface area contributed by atoms with Crippen molar-refractivity contribution >= 4 is 21.8 Å². The van der Waals surface area contributed by atoms with E-state index < -0.39 is 0 Å². The van der Waals surface area contributed by atoms with Gasteiger partial charge in [0.15, 0.2) is 0 Å². The third-order valence-electron chi connectivity index (χ3n) is 4.44. The summed E-state index contributed by atoms with van der Waals surface area (Å²) in [5, 5.41) is 3.38. The van der Waals surface area contributed by atoms with Gasteiger partial charge in [-0.3, -0.25) is 4.79 Å². The largest absolute Gasteiger partial charge is 0.341 e. The summed E-state index contributed by atoms with van der Waals surface area (Å²) < 4.78 is 1.07. The highest BCUT2D eigenvalue weighted by molar-refractivity contribution is 9.10. The van der Waals surface area contributed by atoms with Gasteiger partial charge in [-0.05, 0) is 55.5 Å². The molecule has 0 bridgehead atoms. The molecule has 1 atom stereocenters. The van der Waals surface area contributed by atoms with Crippen LogP contribution in [0.3, 0.4) is 0 Å². The first-order valence-corrected chi connectivity index (χ1v) is 8.54. The van der Waals surface area contributed by atoms with Crippen molar-refractivity contribution in [3.05, 3.63) is 34.3 Å². The Bertz CT molecular complexity index is 454. The molecular weight excluding hydrogens is 328 g/mol. The van der Waals surface area contributed by atoms with E-state index in [9.17, 15) is 4.79 Å². The third-order valence-corrected chi connectivity index (χ3v) is 4.97. The zero-order valence-electron chi connectivity index (χ0n) is 12.9. The molecule has 1 aliphatic heterocycles. The molecule has 1 unspecified atom stereocenters. The number of rotatable bonds is 5. The van der Waals surface area contributed by atoms with Crippen molar-refractivity contribution in [1.82, 2.24) is 10.2 Å². The van der Waals surface area contributed by atoms with E-state index in [2.05, 4.69) is 40.3 Å². The van der Waals surface area contributed by atoms with Gasteiger partial charge in [-0.2, -0.15) is 0 Å². The molecule has 2 rings (SSSR count). The molecule has 1 N–H and O–H groups in total. The van der Waals surface area contributed by atoms with E-state index in [1.165, 1.54) is 18.4 Å². The van der Waals surface area contributed by atoms with Crippen molar-refractivity contribution in [1.29, 1.82) is 0 Å². The lowest BCUT2D eigenvalue weighted by Gasteiger charge is -2.29. The van der Waals surface area contributed by atoms with Gasteiger partial charge in [0.1, 0.15) is 0 Å². The molecule has 4 heteroatoms. The van der Waals surface area contributed by atoms with Crippen LogP contribution < -0.4 is 5.32 Å². The van der Waals surface area contributed by atoms with E-state index in [1.807, 2.05) is 24.1 Å². The number of hydrogen-bond donors (Lipinski definition) is 1. The maximum atomic E-state index is 12.4. The number of carbonyl (C=O) groups excluding carboxylic acids is 1. The van der Waals surface area contributed by atoms with Crippen LogP contribution in [-0.2, 0) is 11.3 Å². The fourth-order valence-electron chi connectivity index (χ4n) is 2.96. The van der Waals surface area contributed by atoms with Crippen LogP contribution in [0.2, 0.25) is 0 Å². The minimum atomic E-state index is 0.254. The molecule has 21 heavy (non-hydrogen) atoms. The Hall–Kier alpha value is -0.870. The second-order valence-electron chi connectivity index (χ2n) is 6.15. The predicted molar refractivity (Wildman–Crippen MR) is 90.0 cm³/mol. The van der Waals surface area contributed by atoms with Crippen molar-refractivity contribution in [2.75, 3.05) is 20.1 Å². The van der Waals surface area contributed by atoms with Crippen molar-refractivity contribution in [2.45, 2.75) is 32.7 Å². The van der Waals surface area contributed by atoms with Gasteiger partial charge in [0.2, 0.25) is 5.91 Å². The highest BCUT2D eigenvalue weighted by Gasteiger charge is 2.23. The number of amides is 1. The maximum Gasteiger partial charge on any atom is 0.222 e. The van der Waals surface area contributed by atoms with E-state index in [0.717, 1.165) is 17.6 Å². The summed E-state index contributed by atoms with van der Waals surface area (Å²) in [5.74, 6) is 1.42. The lowest BCUT2D eigenvalue weighted by atomic mass is 9.84. The zero-order valence-corrected chi connectivity index (χ0v) is 14.5. The summed E-state index contributed by atoms with van der Waals surface area (Å²) in [7, 11) is 1.90. The highest BCUT2D eigenvalue weighted by atomic mass is 79.9. The minimum Gasteiger partial charge on any atom is -0.341 e. The lowest BCUT2D eigenvalue weighted by Crippen LogP contribution is -2.34. The Kier molecular flexibility index (Phi) is 6.24. The first-order valence-electron chi connectivity index (χ1n) is 7.75. The fourth-order valence-corrected chi connectivity index (χ4v) is 3.23. The van der Waals surface area contributed by atoms with Gasteiger partial charge in [-0.1, -0.05) is 35.0 Å². The minimum absolute atomic E-state index is 0.254. The number of halogens is 1. The molecule has 1 saturated heterocycles. The monoisotopic (exact) mass is 352 g/mol. The van der Waals surface area contributed by atoms with Gasteiger partial charge in [0.25, 0.3) is 0 Å². The average molecular weight is 353 g/mol. The van der Waals surface area contributed by atoms with Gasteiger partial charge in [-0.25, -0.2) is 0 Å². The molecule has 1 heterocycles. The van der Waals surface area contributed by atoms with Gasteiger partial charge in [-0.15, -0.1) is 0 Å². The second kappa shape index (κ2) is 7.95. The highest BCUT2D eigenvalue weighted by Crippen LogP contribution is 2.25. The summed E-state index contributed by atoms with van der Waals surface area (Å²) in [6.07, 6.45) is 3.06. The van der Waals surface area contributed by atoms with Crippen molar-refractivity contribution < 1.29 is 4.79 Å². The number of nitrogens with zero attached hydrogens (tertiary/aromatic N) is 1. The normalized spacial score (nSPS) is 17.5. The molecule has 1 aromatic rings. The van der Waals surface area contributed by atoms with Crippen LogP contribution in [0.25, 0.3) is 0 Å². The van der Waals surface area contributed by atoms with Crippen LogP contribution in [0.1, 0.15) is 31.7 Å². The van der Waals surface area contributed by atoms with E-state index in [-0.39, 0.29) is 5.91 Å². The number of hydrogen-bond acceptors (Lipinski definition) is 2. The topological polar surface area (TPSA) is 32.3 Å². The Labute approximate surface area is 136 Å². The molecule has 0 spiro atoms. The molecule has 116 valence electrons. The van der Waals surface area contributed by atoms with Gasteiger partial charge in [0, 0.05) is 24.5 Å². The Morgan fingerprint density at radius 2 is 1.95 bits per heavy atom. The number of piperidine rings is 1. The van der Waals surface area contributed by atoms with E-state index in [0.29, 0.717) is 24.8 Å². The van der Waals surface area contributed by atoms with Crippen molar-refractivity contribution in [3.63, 3.8) is 0 Å². The Balaban J connectivity index is 1.82. The van der Waals surface area contributed by atoms with Crippen LogP contribution >= 0.6 is 15.9 Å². The van der Waals surface area contributed by atoms with Crippen molar-refractivity contribution in [3.8, 4) is 0 Å². The van der Waals surface area contributed by atoms with E-state index >= 15 is 0 Å². The van der Waals surface area contributed by atoms with Gasteiger partial charge < -0.3 is 10.2 Å². The number of carbonyl (C=O) groups is 1.